The Bertz CT molecular complexity index is 273. The van der Waals surface area contributed by atoms with Crippen molar-refractivity contribution in [2.24, 2.45) is 0 Å². The van der Waals surface area contributed by atoms with Crippen molar-refractivity contribution in [2.75, 3.05) is 11.6 Å². The Labute approximate surface area is 79.5 Å². The van der Waals surface area contributed by atoms with Crippen molar-refractivity contribution >= 4 is 5.69 Å². The maximum absolute atomic E-state index is 11.8. The zero-order valence-corrected chi connectivity index (χ0v) is 7.33. The molecule has 0 aromatic heterocycles. The third-order valence-electron chi connectivity index (χ3n) is 1.66. The predicted octanol–water partition coefficient (Wildman–Crippen LogP) is 2.83. The van der Waals surface area contributed by atoms with Crippen LogP contribution in [0.4, 0.5) is 18.9 Å². The number of halogens is 3. The number of hydroxylamine groups is 1. The molecular formula is C9H10F3NO. The molecule has 5 heteroatoms. The van der Waals surface area contributed by atoms with E-state index in [-0.39, 0.29) is 0 Å². The first-order valence-electron chi connectivity index (χ1n) is 4.07. The quantitative estimate of drug-likeness (QED) is 0.767. The van der Waals surface area contributed by atoms with E-state index in [0.717, 1.165) is 0 Å². The van der Waals surface area contributed by atoms with Crippen molar-refractivity contribution in [1.82, 2.24) is 0 Å². The summed E-state index contributed by atoms with van der Waals surface area (Å²) < 4.78 is 35.4. The molecular weight excluding hydrogens is 195 g/mol. The van der Waals surface area contributed by atoms with Gasteiger partial charge in [0.1, 0.15) is 0 Å². The highest BCUT2D eigenvalue weighted by Crippen LogP contribution is 2.21. The van der Waals surface area contributed by atoms with Gasteiger partial charge >= 0.3 is 6.18 Å². The number of hydrogen-bond acceptors (Lipinski definition) is 2. The second-order valence-corrected chi connectivity index (χ2v) is 2.82. The van der Waals surface area contributed by atoms with Crippen molar-refractivity contribution in [3.63, 3.8) is 0 Å². The van der Waals surface area contributed by atoms with Gasteiger partial charge in [0.05, 0.1) is 18.7 Å². The van der Waals surface area contributed by atoms with Crippen molar-refractivity contribution < 1.29 is 18.4 Å². The fraction of sp³-hybridized carbons (Fsp3) is 0.333. The first kappa shape index (κ1) is 10.8. The lowest BCUT2D eigenvalue weighted by molar-refractivity contribution is -0.134. The fourth-order valence-corrected chi connectivity index (χ4v) is 0.962. The van der Waals surface area contributed by atoms with Gasteiger partial charge in [0.2, 0.25) is 0 Å². The summed E-state index contributed by atoms with van der Waals surface area (Å²) >= 11 is 0. The molecule has 0 fully saturated rings. The molecule has 0 saturated carbocycles. The zero-order valence-electron chi connectivity index (χ0n) is 7.33. The lowest BCUT2D eigenvalue weighted by Crippen LogP contribution is -2.24. The zero-order chi connectivity index (χ0) is 10.6. The van der Waals surface area contributed by atoms with Gasteiger partial charge in [0.25, 0.3) is 0 Å². The minimum absolute atomic E-state index is 0.358. The van der Waals surface area contributed by atoms with Gasteiger partial charge in [-0.15, -0.1) is 0 Å². The topological polar surface area (TPSA) is 23.5 Å². The van der Waals surface area contributed by atoms with Crippen LogP contribution in [0.1, 0.15) is 6.42 Å². The summed E-state index contributed by atoms with van der Waals surface area (Å²) in [5, 5.41) is 9.81. The van der Waals surface area contributed by atoms with Gasteiger partial charge in [-0.1, -0.05) is 18.2 Å². The second kappa shape index (κ2) is 4.32. The fourth-order valence-electron chi connectivity index (χ4n) is 0.962. The van der Waals surface area contributed by atoms with E-state index in [1.165, 1.54) is 12.1 Å². The molecule has 0 unspecified atom stereocenters. The molecule has 0 bridgehead atoms. The van der Waals surface area contributed by atoms with Crippen LogP contribution in [0.25, 0.3) is 0 Å². The second-order valence-electron chi connectivity index (χ2n) is 2.82. The van der Waals surface area contributed by atoms with Gasteiger partial charge in [0.15, 0.2) is 0 Å². The Morgan fingerprint density at radius 3 is 2.21 bits per heavy atom. The Morgan fingerprint density at radius 2 is 1.71 bits per heavy atom. The van der Waals surface area contributed by atoms with Gasteiger partial charge in [0, 0.05) is 0 Å². The molecule has 2 nitrogen and oxygen atoms in total. The molecule has 0 aliphatic carbocycles. The lowest BCUT2D eigenvalue weighted by atomic mass is 10.3. The number of alkyl halides is 3. The average molecular weight is 205 g/mol. The van der Waals surface area contributed by atoms with Crippen LogP contribution in [0, 0.1) is 0 Å². The number of rotatable bonds is 3. The highest BCUT2D eigenvalue weighted by molar-refractivity contribution is 5.42. The molecule has 14 heavy (non-hydrogen) atoms. The molecule has 0 saturated heterocycles. The molecule has 0 aliphatic rings. The summed E-state index contributed by atoms with van der Waals surface area (Å²) in [4.78, 5) is 0. The number of anilines is 1. The van der Waals surface area contributed by atoms with E-state index in [4.69, 9.17) is 0 Å². The van der Waals surface area contributed by atoms with Crippen molar-refractivity contribution in [2.45, 2.75) is 12.6 Å². The summed E-state index contributed by atoms with van der Waals surface area (Å²) in [5.41, 5.74) is 0.358. The minimum atomic E-state index is -4.24. The van der Waals surface area contributed by atoms with Crippen molar-refractivity contribution in [3.05, 3.63) is 30.3 Å². The van der Waals surface area contributed by atoms with Crippen molar-refractivity contribution in [1.29, 1.82) is 0 Å². The Balaban J connectivity index is 2.48. The molecule has 0 radical (unpaired) electrons. The third-order valence-corrected chi connectivity index (χ3v) is 1.66. The summed E-state index contributed by atoms with van der Waals surface area (Å²) in [6, 6.07) is 8.09. The monoisotopic (exact) mass is 205 g/mol. The van der Waals surface area contributed by atoms with E-state index in [2.05, 4.69) is 0 Å². The van der Waals surface area contributed by atoms with E-state index < -0.39 is 19.1 Å². The standard InChI is InChI=1S/C9H10F3NO/c10-9(11,12)6-7-13(14)8-4-2-1-3-5-8/h1-5,14H,6-7H2. The number of benzene rings is 1. The van der Waals surface area contributed by atoms with Gasteiger partial charge in [-0.2, -0.15) is 13.2 Å². The van der Waals surface area contributed by atoms with Crippen LogP contribution in [0.5, 0.6) is 0 Å². The van der Waals surface area contributed by atoms with Gasteiger partial charge in [-0.25, -0.2) is 0 Å². The van der Waals surface area contributed by atoms with E-state index >= 15 is 0 Å². The van der Waals surface area contributed by atoms with Gasteiger partial charge < -0.3 is 0 Å². The number of hydrogen-bond donors (Lipinski definition) is 1. The first-order chi connectivity index (χ1) is 6.49. The third kappa shape index (κ3) is 3.66. The molecule has 0 aliphatic heterocycles. The van der Waals surface area contributed by atoms with Crippen LogP contribution in [-0.2, 0) is 0 Å². The smallest absolute Gasteiger partial charge is 0.288 e. The molecule has 1 rings (SSSR count). The SMILES string of the molecule is ON(CCC(F)(F)F)c1ccccc1. The van der Waals surface area contributed by atoms with Gasteiger partial charge in [-0.3, -0.25) is 10.3 Å². The molecule has 1 N–H and O–H groups in total. The molecule has 1 aromatic carbocycles. The molecule has 0 atom stereocenters. The van der Waals surface area contributed by atoms with Crippen LogP contribution in [0.3, 0.4) is 0 Å². The first-order valence-corrected chi connectivity index (χ1v) is 4.07. The van der Waals surface area contributed by atoms with Crippen LogP contribution < -0.4 is 5.06 Å². The molecule has 0 amide bonds. The van der Waals surface area contributed by atoms with Gasteiger partial charge in [-0.05, 0) is 12.1 Å². The number of nitrogens with zero attached hydrogens (tertiary/aromatic N) is 1. The average Bonchev–Trinajstić information content (AvgIpc) is 2.14. The van der Waals surface area contributed by atoms with E-state index in [0.29, 0.717) is 10.8 Å². The van der Waals surface area contributed by atoms with Crippen LogP contribution in [-0.4, -0.2) is 17.9 Å². The molecule has 1 aromatic rings. The summed E-state index contributed by atoms with van der Waals surface area (Å²) in [5.74, 6) is 0. The molecule has 0 heterocycles. The van der Waals surface area contributed by atoms with E-state index in [9.17, 15) is 18.4 Å². The van der Waals surface area contributed by atoms with Crippen LogP contribution in [0.15, 0.2) is 30.3 Å². The largest absolute Gasteiger partial charge is 0.390 e. The molecule has 0 spiro atoms. The molecule has 78 valence electrons. The van der Waals surface area contributed by atoms with Crippen LogP contribution in [0.2, 0.25) is 0 Å². The summed E-state index contributed by atoms with van der Waals surface area (Å²) in [7, 11) is 0. The van der Waals surface area contributed by atoms with E-state index in [1.807, 2.05) is 0 Å². The van der Waals surface area contributed by atoms with Crippen LogP contribution >= 0.6 is 0 Å². The Kier molecular flexibility index (Phi) is 3.35. The normalized spacial score (nSPS) is 11.4. The highest BCUT2D eigenvalue weighted by Gasteiger charge is 2.27. The highest BCUT2D eigenvalue weighted by atomic mass is 19.4. The Morgan fingerprint density at radius 1 is 1.14 bits per heavy atom. The minimum Gasteiger partial charge on any atom is -0.288 e. The van der Waals surface area contributed by atoms with E-state index in [1.54, 1.807) is 18.2 Å². The summed E-state index contributed by atoms with van der Waals surface area (Å²) in [6.07, 6.45) is -5.27. The van der Waals surface area contributed by atoms with Crippen molar-refractivity contribution in [3.8, 4) is 0 Å². The number of para-hydroxylation sites is 1. The maximum atomic E-state index is 11.8. The predicted molar refractivity (Wildman–Crippen MR) is 46.2 cm³/mol. The maximum Gasteiger partial charge on any atom is 0.390 e. The Hall–Kier alpha value is -1.23. The lowest BCUT2D eigenvalue weighted by Gasteiger charge is -2.17. The summed E-state index contributed by atoms with van der Waals surface area (Å²) in [6.45, 7) is -0.451.